The van der Waals surface area contributed by atoms with Gasteiger partial charge in [-0.1, -0.05) is 12.1 Å². The van der Waals surface area contributed by atoms with E-state index in [0.29, 0.717) is 19.8 Å². The number of methoxy groups -OCH3 is 1. The van der Waals surface area contributed by atoms with Crippen LogP contribution in [-0.4, -0.2) is 58.6 Å². The Balaban J connectivity index is 0.00000364. The van der Waals surface area contributed by atoms with E-state index < -0.39 is 0 Å². The number of ether oxygens (including phenoxy) is 3. The van der Waals surface area contributed by atoms with Crippen molar-refractivity contribution in [3.63, 3.8) is 0 Å². The van der Waals surface area contributed by atoms with Gasteiger partial charge in [-0.25, -0.2) is 4.39 Å². The summed E-state index contributed by atoms with van der Waals surface area (Å²) in [7, 11) is 1.63. The number of benzene rings is 1. The summed E-state index contributed by atoms with van der Waals surface area (Å²) in [6, 6.07) is 6.32. The van der Waals surface area contributed by atoms with E-state index in [2.05, 4.69) is 15.6 Å². The highest BCUT2D eigenvalue weighted by atomic mass is 127. The molecule has 0 radical (unpaired) electrons. The third kappa shape index (κ3) is 9.18. The molecule has 1 aromatic carbocycles. The lowest BCUT2D eigenvalue weighted by Crippen LogP contribution is -2.38. The van der Waals surface area contributed by atoms with Crippen molar-refractivity contribution < 1.29 is 18.6 Å². The SMILES string of the molecule is CCNC(=NCC(OC)c1ccc(F)cc1)NCCCOC1CCOC1.I. The van der Waals surface area contributed by atoms with Gasteiger partial charge in [0.05, 0.1) is 19.3 Å². The second-order valence-corrected chi connectivity index (χ2v) is 6.13. The minimum Gasteiger partial charge on any atom is -0.379 e. The lowest BCUT2D eigenvalue weighted by molar-refractivity contribution is 0.0420. The molecule has 1 saturated heterocycles. The molecule has 0 spiro atoms. The van der Waals surface area contributed by atoms with Crippen LogP contribution in [0.3, 0.4) is 0 Å². The number of aliphatic imine (C=N–C) groups is 1. The first-order chi connectivity index (χ1) is 12.7. The highest BCUT2D eigenvalue weighted by Crippen LogP contribution is 2.17. The Morgan fingerprint density at radius 2 is 2.11 bits per heavy atom. The minimum atomic E-state index is -0.256. The van der Waals surface area contributed by atoms with Gasteiger partial charge in [-0.05, 0) is 37.5 Å². The van der Waals surface area contributed by atoms with Crippen molar-refractivity contribution in [2.45, 2.75) is 32.0 Å². The molecular formula is C19H31FIN3O3. The van der Waals surface area contributed by atoms with E-state index in [4.69, 9.17) is 14.2 Å². The summed E-state index contributed by atoms with van der Waals surface area (Å²) in [6.07, 6.45) is 1.91. The zero-order valence-electron chi connectivity index (χ0n) is 16.1. The Morgan fingerprint density at radius 3 is 2.74 bits per heavy atom. The Labute approximate surface area is 178 Å². The summed E-state index contributed by atoms with van der Waals surface area (Å²) in [5.41, 5.74) is 0.903. The Bertz CT molecular complexity index is 540. The van der Waals surface area contributed by atoms with E-state index in [0.717, 1.165) is 44.1 Å². The van der Waals surface area contributed by atoms with E-state index in [1.54, 1.807) is 19.2 Å². The van der Waals surface area contributed by atoms with Crippen LogP contribution in [0.1, 0.15) is 31.4 Å². The van der Waals surface area contributed by atoms with Gasteiger partial charge >= 0.3 is 0 Å². The van der Waals surface area contributed by atoms with Crippen molar-refractivity contribution in [1.82, 2.24) is 10.6 Å². The predicted molar refractivity (Wildman–Crippen MR) is 115 cm³/mol. The molecule has 2 atom stereocenters. The maximum atomic E-state index is 13.1. The lowest BCUT2D eigenvalue weighted by Gasteiger charge is -2.16. The maximum Gasteiger partial charge on any atom is 0.191 e. The van der Waals surface area contributed by atoms with Gasteiger partial charge in [0.15, 0.2) is 5.96 Å². The molecule has 1 heterocycles. The molecule has 0 aliphatic carbocycles. The number of hydrogen-bond acceptors (Lipinski definition) is 4. The summed E-state index contributed by atoms with van der Waals surface area (Å²) in [5, 5.41) is 6.52. The van der Waals surface area contributed by atoms with Crippen LogP contribution in [0.2, 0.25) is 0 Å². The van der Waals surface area contributed by atoms with Crippen LogP contribution in [0.5, 0.6) is 0 Å². The molecule has 0 bridgehead atoms. The summed E-state index contributed by atoms with van der Waals surface area (Å²) >= 11 is 0. The van der Waals surface area contributed by atoms with Gasteiger partial charge in [0.1, 0.15) is 11.9 Å². The normalized spacial score (nSPS) is 18.0. The van der Waals surface area contributed by atoms with Gasteiger partial charge in [-0.15, -0.1) is 24.0 Å². The fourth-order valence-corrected chi connectivity index (χ4v) is 2.68. The van der Waals surface area contributed by atoms with Gasteiger partial charge in [-0.3, -0.25) is 4.99 Å². The smallest absolute Gasteiger partial charge is 0.191 e. The van der Waals surface area contributed by atoms with Crippen LogP contribution >= 0.6 is 24.0 Å². The van der Waals surface area contributed by atoms with Crippen LogP contribution in [-0.2, 0) is 14.2 Å². The zero-order valence-corrected chi connectivity index (χ0v) is 18.4. The van der Waals surface area contributed by atoms with Gasteiger partial charge in [0, 0.05) is 33.4 Å². The molecule has 2 unspecified atom stereocenters. The van der Waals surface area contributed by atoms with Crippen LogP contribution in [0, 0.1) is 5.82 Å². The second-order valence-electron chi connectivity index (χ2n) is 6.13. The first kappa shape index (κ1) is 24.1. The predicted octanol–water partition coefficient (Wildman–Crippen LogP) is 2.88. The molecule has 1 aromatic rings. The summed E-state index contributed by atoms with van der Waals surface area (Å²) < 4.78 is 29.6. The fourth-order valence-electron chi connectivity index (χ4n) is 2.68. The average molecular weight is 495 g/mol. The molecule has 2 N–H and O–H groups in total. The molecule has 0 saturated carbocycles. The molecule has 0 aromatic heterocycles. The fraction of sp³-hybridized carbons (Fsp3) is 0.632. The molecule has 0 amide bonds. The monoisotopic (exact) mass is 495 g/mol. The lowest BCUT2D eigenvalue weighted by atomic mass is 10.1. The Hall–Kier alpha value is -0.970. The molecule has 1 aliphatic heterocycles. The zero-order chi connectivity index (χ0) is 18.6. The first-order valence-corrected chi connectivity index (χ1v) is 9.22. The first-order valence-electron chi connectivity index (χ1n) is 9.22. The second kappa shape index (κ2) is 14.1. The van der Waals surface area contributed by atoms with Gasteiger partial charge in [-0.2, -0.15) is 0 Å². The Kier molecular flexibility index (Phi) is 12.6. The van der Waals surface area contributed by atoms with Crippen molar-refractivity contribution in [2.24, 2.45) is 4.99 Å². The molecule has 6 nitrogen and oxygen atoms in total. The van der Waals surface area contributed by atoms with Crippen molar-refractivity contribution in [2.75, 3.05) is 46.6 Å². The largest absolute Gasteiger partial charge is 0.379 e. The highest BCUT2D eigenvalue weighted by molar-refractivity contribution is 14.0. The third-order valence-electron chi connectivity index (χ3n) is 4.14. The number of guanidine groups is 1. The molecular weight excluding hydrogens is 464 g/mol. The third-order valence-corrected chi connectivity index (χ3v) is 4.14. The van der Waals surface area contributed by atoms with Crippen LogP contribution in [0.25, 0.3) is 0 Å². The van der Waals surface area contributed by atoms with Gasteiger partial charge in [0.25, 0.3) is 0 Å². The quantitative estimate of drug-likeness (QED) is 0.226. The number of rotatable bonds is 10. The summed E-state index contributed by atoms with van der Waals surface area (Å²) in [5.74, 6) is 0.481. The van der Waals surface area contributed by atoms with Crippen molar-refractivity contribution in [3.05, 3.63) is 35.6 Å². The van der Waals surface area contributed by atoms with Gasteiger partial charge < -0.3 is 24.8 Å². The highest BCUT2D eigenvalue weighted by Gasteiger charge is 2.15. The summed E-state index contributed by atoms with van der Waals surface area (Å²) in [6.45, 7) is 6.23. The Morgan fingerprint density at radius 1 is 1.33 bits per heavy atom. The number of nitrogens with one attached hydrogen (secondary N) is 2. The van der Waals surface area contributed by atoms with Crippen molar-refractivity contribution in [1.29, 1.82) is 0 Å². The molecule has 154 valence electrons. The van der Waals surface area contributed by atoms with Crippen molar-refractivity contribution in [3.8, 4) is 0 Å². The van der Waals surface area contributed by atoms with Crippen molar-refractivity contribution >= 4 is 29.9 Å². The number of halogens is 2. The maximum absolute atomic E-state index is 13.1. The van der Waals surface area contributed by atoms with Crippen LogP contribution in [0.4, 0.5) is 4.39 Å². The number of nitrogens with zero attached hydrogens (tertiary/aromatic N) is 1. The molecule has 8 heteroatoms. The van der Waals surface area contributed by atoms with Gasteiger partial charge in [0.2, 0.25) is 0 Å². The topological polar surface area (TPSA) is 64.1 Å². The minimum absolute atomic E-state index is 0. The van der Waals surface area contributed by atoms with E-state index >= 15 is 0 Å². The van der Waals surface area contributed by atoms with Crippen LogP contribution < -0.4 is 10.6 Å². The molecule has 2 rings (SSSR count). The average Bonchev–Trinajstić information content (AvgIpc) is 3.16. The molecule has 1 aliphatic rings. The van der Waals surface area contributed by atoms with E-state index in [1.807, 2.05) is 6.92 Å². The van der Waals surface area contributed by atoms with E-state index in [1.165, 1.54) is 12.1 Å². The summed E-state index contributed by atoms with van der Waals surface area (Å²) in [4.78, 5) is 4.57. The van der Waals surface area contributed by atoms with E-state index in [-0.39, 0.29) is 42.0 Å². The number of hydrogen-bond donors (Lipinski definition) is 2. The van der Waals surface area contributed by atoms with E-state index in [9.17, 15) is 4.39 Å². The molecule has 1 fully saturated rings. The van der Waals surface area contributed by atoms with Crippen LogP contribution in [0.15, 0.2) is 29.3 Å². The molecule has 27 heavy (non-hydrogen) atoms. The standard InChI is InChI=1S/C19H30FN3O3.HI/c1-3-21-19(22-10-4-11-26-17-9-12-25-14-17)23-13-18(24-2)15-5-7-16(20)8-6-15;/h5-8,17-18H,3-4,9-14H2,1-2H3,(H2,21,22,23);1H.